The first-order chi connectivity index (χ1) is 12.9. The van der Waals surface area contributed by atoms with Crippen LogP contribution in [0.25, 0.3) is 28.2 Å². The smallest absolute Gasteiger partial charge is 0.271 e. The first-order valence-electron chi connectivity index (χ1n) is 8.11. The summed E-state index contributed by atoms with van der Waals surface area (Å²) < 4.78 is 15.2. The third kappa shape index (κ3) is 2.86. The van der Waals surface area contributed by atoms with Crippen LogP contribution >= 0.6 is 0 Å². The van der Waals surface area contributed by atoms with Crippen LogP contribution in [0.15, 0.2) is 48.8 Å². The molecule has 0 bridgehead atoms. The Hall–Kier alpha value is -3.81. The molecule has 4 rings (SSSR count). The second-order valence-electron chi connectivity index (χ2n) is 6.07. The molecule has 4 N–H and O–H groups in total. The van der Waals surface area contributed by atoms with Crippen molar-refractivity contribution < 1.29 is 9.18 Å². The van der Waals surface area contributed by atoms with Crippen molar-refractivity contribution >= 4 is 17.4 Å². The number of benzene rings is 1. The Kier molecular flexibility index (Phi) is 3.80. The van der Waals surface area contributed by atoms with Gasteiger partial charge in [-0.2, -0.15) is 0 Å². The summed E-state index contributed by atoms with van der Waals surface area (Å²) in [4.78, 5) is 24.7. The topological polar surface area (TPSA) is 112 Å². The molecule has 7 nitrogen and oxygen atoms in total. The van der Waals surface area contributed by atoms with E-state index in [1.165, 1.54) is 12.1 Å². The third-order valence-corrected chi connectivity index (χ3v) is 4.24. The lowest BCUT2D eigenvalue weighted by Gasteiger charge is -2.12. The SMILES string of the molecule is Cc1cnc2ccc(-c3nc(C(N)=O)c(N)nc3-c3ccc(F)cc3)cn12. The summed E-state index contributed by atoms with van der Waals surface area (Å²) in [7, 11) is 0. The number of amides is 1. The highest BCUT2D eigenvalue weighted by Gasteiger charge is 2.19. The minimum Gasteiger partial charge on any atom is -0.382 e. The summed E-state index contributed by atoms with van der Waals surface area (Å²) in [6, 6.07) is 9.45. The van der Waals surface area contributed by atoms with Crippen LogP contribution in [-0.2, 0) is 0 Å². The van der Waals surface area contributed by atoms with Crippen molar-refractivity contribution in [2.24, 2.45) is 5.73 Å². The summed E-state index contributed by atoms with van der Waals surface area (Å²) in [6.45, 7) is 1.92. The third-order valence-electron chi connectivity index (χ3n) is 4.24. The minimum absolute atomic E-state index is 0.0783. The molecule has 0 aliphatic heterocycles. The predicted octanol–water partition coefficient (Wildman–Crippen LogP) is 2.59. The number of primary amides is 1. The highest BCUT2D eigenvalue weighted by Crippen LogP contribution is 2.31. The van der Waals surface area contributed by atoms with E-state index in [0.717, 1.165) is 11.3 Å². The first-order valence-corrected chi connectivity index (χ1v) is 8.11. The molecule has 3 aromatic heterocycles. The summed E-state index contributed by atoms with van der Waals surface area (Å²) in [5.74, 6) is -1.22. The standard InChI is InChI=1S/C19H15FN6O/c1-10-8-23-14-7-4-12(9-26(10)14)16-15(11-2-5-13(20)6-3-11)25-18(21)17(24-16)19(22)27/h2-9H,1H3,(H2,21,25)(H2,22,27). The van der Waals surface area contributed by atoms with Gasteiger partial charge < -0.3 is 15.9 Å². The van der Waals surface area contributed by atoms with E-state index in [2.05, 4.69) is 15.0 Å². The Morgan fingerprint density at radius 2 is 1.70 bits per heavy atom. The van der Waals surface area contributed by atoms with Gasteiger partial charge >= 0.3 is 0 Å². The number of nitrogens with two attached hydrogens (primary N) is 2. The number of hydrogen-bond donors (Lipinski definition) is 2. The quantitative estimate of drug-likeness (QED) is 0.582. The maximum Gasteiger partial charge on any atom is 0.271 e. The molecule has 0 radical (unpaired) electrons. The molecule has 0 unspecified atom stereocenters. The number of fused-ring (bicyclic) bond motifs is 1. The van der Waals surface area contributed by atoms with Crippen LogP contribution in [0.2, 0.25) is 0 Å². The number of aromatic nitrogens is 4. The van der Waals surface area contributed by atoms with Crippen LogP contribution in [0, 0.1) is 12.7 Å². The van der Waals surface area contributed by atoms with Crippen molar-refractivity contribution in [2.45, 2.75) is 6.92 Å². The monoisotopic (exact) mass is 362 g/mol. The molecule has 134 valence electrons. The predicted molar refractivity (Wildman–Crippen MR) is 99.3 cm³/mol. The lowest BCUT2D eigenvalue weighted by molar-refractivity contribution is 0.0996. The molecule has 0 spiro atoms. The van der Waals surface area contributed by atoms with Crippen LogP contribution < -0.4 is 11.5 Å². The van der Waals surface area contributed by atoms with E-state index in [4.69, 9.17) is 11.5 Å². The van der Waals surface area contributed by atoms with E-state index in [0.29, 0.717) is 22.5 Å². The number of nitrogens with zero attached hydrogens (tertiary/aromatic N) is 4. The number of nitrogen functional groups attached to an aromatic ring is 1. The molecule has 8 heteroatoms. The number of aryl methyl sites for hydroxylation is 1. The fraction of sp³-hybridized carbons (Fsp3) is 0.0526. The van der Waals surface area contributed by atoms with Crippen molar-refractivity contribution in [3.63, 3.8) is 0 Å². The number of hydrogen-bond acceptors (Lipinski definition) is 5. The Bertz CT molecular complexity index is 1180. The number of halogens is 1. The summed E-state index contributed by atoms with van der Waals surface area (Å²) >= 11 is 0. The van der Waals surface area contributed by atoms with Gasteiger partial charge in [-0.15, -0.1) is 0 Å². The number of anilines is 1. The molecular formula is C19H15FN6O. The highest BCUT2D eigenvalue weighted by atomic mass is 19.1. The van der Waals surface area contributed by atoms with Crippen molar-refractivity contribution in [3.8, 4) is 22.5 Å². The van der Waals surface area contributed by atoms with Crippen molar-refractivity contribution in [3.05, 3.63) is 66.0 Å². The molecule has 27 heavy (non-hydrogen) atoms. The van der Waals surface area contributed by atoms with Gasteiger partial charge in [-0.1, -0.05) is 0 Å². The average molecular weight is 362 g/mol. The van der Waals surface area contributed by atoms with Gasteiger partial charge in [-0.3, -0.25) is 4.79 Å². The molecule has 0 saturated carbocycles. The van der Waals surface area contributed by atoms with Gasteiger partial charge in [0, 0.05) is 29.2 Å². The average Bonchev–Trinajstić information content (AvgIpc) is 3.02. The first kappa shape index (κ1) is 16.6. The van der Waals surface area contributed by atoms with E-state index >= 15 is 0 Å². The zero-order valence-corrected chi connectivity index (χ0v) is 14.3. The molecule has 0 aliphatic carbocycles. The fourth-order valence-electron chi connectivity index (χ4n) is 2.88. The number of imidazole rings is 1. The summed E-state index contributed by atoms with van der Waals surface area (Å²) in [5.41, 5.74) is 15.0. The second-order valence-corrected chi connectivity index (χ2v) is 6.07. The Labute approximate surface area is 153 Å². The Morgan fingerprint density at radius 3 is 2.41 bits per heavy atom. The number of pyridine rings is 1. The normalized spacial score (nSPS) is 11.0. The van der Waals surface area contributed by atoms with E-state index in [1.54, 1.807) is 18.3 Å². The number of rotatable bonds is 3. The Balaban J connectivity index is 2.00. The van der Waals surface area contributed by atoms with Gasteiger partial charge in [0.15, 0.2) is 11.5 Å². The lowest BCUT2D eigenvalue weighted by Crippen LogP contribution is -2.18. The maximum absolute atomic E-state index is 13.3. The largest absolute Gasteiger partial charge is 0.382 e. The van der Waals surface area contributed by atoms with E-state index in [9.17, 15) is 9.18 Å². The van der Waals surface area contributed by atoms with Gasteiger partial charge in [0.1, 0.15) is 11.5 Å². The highest BCUT2D eigenvalue weighted by molar-refractivity contribution is 5.96. The molecule has 1 aromatic carbocycles. The molecule has 3 heterocycles. The summed E-state index contributed by atoms with van der Waals surface area (Å²) in [5, 5.41) is 0. The maximum atomic E-state index is 13.3. The minimum atomic E-state index is -0.771. The van der Waals surface area contributed by atoms with Crippen molar-refractivity contribution in [1.82, 2.24) is 19.4 Å². The van der Waals surface area contributed by atoms with Gasteiger partial charge in [0.2, 0.25) is 0 Å². The van der Waals surface area contributed by atoms with Gasteiger partial charge in [-0.25, -0.2) is 19.3 Å². The number of carbonyl (C=O) groups is 1. The zero-order valence-electron chi connectivity index (χ0n) is 14.3. The van der Waals surface area contributed by atoms with Gasteiger partial charge in [0.05, 0.1) is 11.4 Å². The van der Waals surface area contributed by atoms with Gasteiger partial charge in [0.25, 0.3) is 5.91 Å². The molecule has 0 aliphatic rings. The van der Waals surface area contributed by atoms with Crippen LogP contribution in [-0.4, -0.2) is 25.3 Å². The second kappa shape index (κ2) is 6.17. The van der Waals surface area contributed by atoms with Crippen molar-refractivity contribution in [2.75, 3.05) is 5.73 Å². The molecule has 4 aromatic rings. The van der Waals surface area contributed by atoms with Gasteiger partial charge in [-0.05, 0) is 43.3 Å². The Morgan fingerprint density at radius 1 is 1.04 bits per heavy atom. The molecule has 1 amide bonds. The fourth-order valence-corrected chi connectivity index (χ4v) is 2.88. The number of carbonyl (C=O) groups excluding carboxylic acids is 1. The molecule has 0 fully saturated rings. The van der Waals surface area contributed by atoms with Crippen LogP contribution in [0.4, 0.5) is 10.2 Å². The summed E-state index contributed by atoms with van der Waals surface area (Å²) in [6.07, 6.45) is 3.60. The molecular weight excluding hydrogens is 347 g/mol. The van der Waals surface area contributed by atoms with E-state index in [1.807, 2.05) is 29.7 Å². The van der Waals surface area contributed by atoms with Crippen LogP contribution in [0.1, 0.15) is 16.2 Å². The van der Waals surface area contributed by atoms with Crippen LogP contribution in [0.3, 0.4) is 0 Å². The lowest BCUT2D eigenvalue weighted by atomic mass is 10.0. The molecule has 0 saturated heterocycles. The van der Waals surface area contributed by atoms with Crippen molar-refractivity contribution in [1.29, 1.82) is 0 Å². The van der Waals surface area contributed by atoms with E-state index in [-0.39, 0.29) is 17.3 Å². The molecule has 0 atom stereocenters. The van der Waals surface area contributed by atoms with E-state index < -0.39 is 5.91 Å². The van der Waals surface area contributed by atoms with Crippen LogP contribution in [0.5, 0.6) is 0 Å². The zero-order chi connectivity index (χ0) is 19.1.